The first-order valence-electron chi connectivity index (χ1n) is 8.48. The smallest absolute Gasteiger partial charge is 0.248 e. The van der Waals surface area contributed by atoms with E-state index in [0.717, 1.165) is 18.8 Å². The van der Waals surface area contributed by atoms with E-state index >= 15 is 0 Å². The van der Waals surface area contributed by atoms with Gasteiger partial charge in [-0.05, 0) is 38.0 Å². The molecule has 1 N–H and O–H groups in total. The number of carbonyl (C=O) groups is 2. The van der Waals surface area contributed by atoms with Gasteiger partial charge in [-0.15, -0.1) is 0 Å². The average molecular weight is 294 g/mol. The normalized spacial score (nSPS) is 31.5. The molecule has 2 amide bonds. The van der Waals surface area contributed by atoms with Crippen molar-refractivity contribution in [1.29, 1.82) is 0 Å². The van der Waals surface area contributed by atoms with E-state index in [4.69, 9.17) is 0 Å². The number of nitrogens with zero attached hydrogens (tertiary/aromatic N) is 1. The van der Waals surface area contributed by atoms with Crippen molar-refractivity contribution in [2.75, 3.05) is 0 Å². The maximum Gasteiger partial charge on any atom is 0.248 e. The van der Waals surface area contributed by atoms with Crippen LogP contribution in [0.3, 0.4) is 0 Å². The van der Waals surface area contributed by atoms with Gasteiger partial charge in [-0.3, -0.25) is 9.59 Å². The van der Waals surface area contributed by atoms with Crippen LogP contribution >= 0.6 is 0 Å². The maximum atomic E-state index is 13.1. The van der Waals surface area contributed by atoms with Crippen LogP contribution in [0.2, 0.25) is 0 Å². The molecule has 2 aliphatic rings. The second kappa shape index (κ2) is 5.98. The van der Waals surface area contributed by atoms with Crippen LogP contribution in [0.15, 0.2) is 0 Å². The highest BCUT2D eigenvalue weighted by atomic mass is 16.2. The van der Waals surface area contributed by atoms with Crippen LogP contribution in [-0.2, 0) is 9.59 Å². The summed E-state index contributed by atoms with van der Waals surface area (Å²) in [5.41, 5.74) is -0.737. The minimum absolute atomic E-state index is 0.0168. The fourth-order valence-electron chi connectivity index (χ4n) is 3.41. The zero-order chi connectivity index (χ0) is 15.8. The van der Waals surface area contributed by atoms with E-state index in [1.54, 1.807) is 0 Å². The number of amides is 2. The number of hydrogen-bond acceptors (Lipinski definition) is 2. The van der Waals surface area contributed by atoms with Crippen LogP contribution < -0.4 is 5.32 Å². The average Bonchev–Trinajstić information content (AvgIpc) is 3.23. The summed E-state index contributed by atoms with van der Waals surface area (Å²) in [5.74, 6) is 1.02. The minimum atomic E-state index is -0.737. The Morgan fingerprint density at radius 2 is 1.90 bits per heavy atom. The molecule has 0 aromatic heterocycles. The fourth-order valence-corrected chi connectivity index (χ4v) is 3.41. The van der Waals surface area contributed by atoms with Crippen LogP contribution in [0.25, 0.3) is 0 Å². The first-order chi connectivity index (χ1) is 9.84. The Kier molecular flexibility index (Phi) is 4.64. The van der Waals surface area contributed by atoms with Gasteiger partial charge in [0.2, 0.25) is 11.8 Å². The molecule has 2 fully saturated rings. The Morgan fingerprint density at radius 1 is 1.29 bits per heavy atom. The van der Waals surface area contributed by atoms with Crippen LogP contribution in [0.4, 0.5) is 0 Å². The molecule has 4 nitrogen and oxygen atoms in total. The van der Waals surface area contributed by atoms with Crippen LogP contribution in [0, 0.1) is 11.8 Å². The molecule has 0 bridgehead atoms. The van der Waals surface area contributed by atoms with Gasteiger partial charge in [0.25, 0.3) is 0 Å². The summed E-state index contributed by atoms with van der Waals surface area (Å²) < 4.78 is 0. The van der Waals surface area contributed by atoms with Gasteiger partial charge in [-0.1, -0.05) is 40.5 Å². The second-order valence-corrected chi connectivity index (χ2v) is 7.32. The fraction of sp³-hybridized carbons (Fsp3) is 0.882. The van der Waals surface area contributed by atoms with Crippen LogP contribution in [-0.4, -0.2) is 34.3 Å². The lowest BCUT2D eigenvalue weighted by Crippen LogP contribution is -2.71. The molecule has 1 saturated heterocycles. The second-order valence-electron chi connectivity index (χ2n) is 7.32. The maximum absolute atomic E-state index is 13.1. The molecule has 0 spiro atoms. The third-order valence-corrected chi connectivity index (χ3v) is 5.18. The van der Waals surface area contributed by atoms with Crippen LogP contribution in [0.5, 0.6) is 0 Å². The summed E-state index contributed by atoms with van der Waals surface area (Å²) in [5, 5.41) is 2.97. The summed E-state index contributed by atoms with van der Waals surface area (Å²) in [6.45, 7) is 10.0. The molecule has 3 atom stereocenters. The highest BCUT2D eigenvalue weighted by Crippen LogP contribution is 2.38. The van der Waals surface area contributed by atoms with Crippen molar-refractivity contribution in [2.45, 2.75) is 84.3 Å². The molecule has 1 saturated carbocycles. The first kappa shape index (κ1) is 16.3. The van der Waals surface area contributed by atoms with Gasteiger partial charge >= 0.3 is 0 Å². The quantitative estimate of drug-likeness (QED) is 0.819. The van der Waals surface area contributed by atoms with Gasteiger partial charge in [0, 0.05) is 6.04 Å². The van der Waals surface area contributed by atoms with Crippen molar-refractivity contribution in [2.24, 2.45) is 11.8 Å². The lowest BCUT2D eigenvalue weighted by atomic mass is 9.86. The van der Waals surface area contributed by atoms with Crippen molar-refractivity contribution in [3.05, 3.63) is 0 Å². The molecule has 3 unspecified atom stereocenters. The first-order valence-corrected chi connectivity index (χ1v) is 8.48. The predicted octanol–water partition coefficient (Wildman–Crippen LogP) is 2.72. The lowest BCUT2D eigenvalue weighted by Gasteiger charge is -2.48. The van der Waals surface area contributed by atoms with E-state index in [0.29, 0.717) is 6.42 Å². The Morgan fingerprint density at radius 3 is 2.33 bits per heavy atom. The molecule has 1 aliphatic carbocycles. The van der Waals surface area contributed by atoms with Gasteiger partial charge in [0.1, 0.15) is 11.6 Å². The summed E-state index contributed by atoms with van der Waals surface area (Å²) >= 11 is 0. The number of piperazine rings is 1. The van der Waals surface area contributed by atoms with Crippen molar-refractivity contribution >= 4 is 11.8 Å². The SMILES string of the molecule is CCC(CC1CC1)N1C(=O)C(C)(CC)NC(=O)C1C(C)C. The van der Waals surface area contributed by atoms with Gasteiger partial charge in [0.05, 0.1) is 0 Å². The Hall–Kier alpha value is -1.06. The Balaban J connectivity index is 2.32. The van der Waals surface area contributed by atoms with Crippen molar-refractivity contribution in [3.8, 4) is 0 Å². The van der Waals surface area contributed by atoms with E-state index in [9.17, 15) is 9.59 Å². The highest BCUT2D eigenvalue weighted by molar-refractivity contribution is 5.99. The molecular weight excluding hydrogens is 264 g/mol. The summed E-state index contributed by atoms with van der Waals surface area (Å²) in [6, 6.07) is -0.116. The van der Waals surface area contributed by atoms with E-state index in [1.165, 1.54) is 12.8 Å². The number of rotatable bonds is 6. The topological polar surface area (TPSA) is 49.4 Å². The monoisotopic (exact) mass is 294 g/mol. The zero-order valence-electron chi connectivity index (χ0n) is 14.1. The van der Waals surface area contributed by atoms with Crippen LogP contribution in [0.1, 0.15) is 66.7 Å². The molecule has 0 radical (unpaired) electrons. The Bertz CT molecular complexity index is 417. The molecule has 4 heteroatoms. The molecule has 120 valence electrons. The highest BCUT2D eigenvalue weighted by Gasteiger charge is 2.50. The number of nitrogens with one attached hydrogen (secondary N) is 1. The molecule has 1 heterocycles. The minimum Gasteiger partial charge on any atom is -0.340 e. The lowest BCUT2D eigenvalue weighted by molar-refractivity contribution is -0.159. The van der Waals surface area contributed by atoms with Crippen molar-refractivity contribution < 1.29 is 9.59 Å². The van der Waals surface area contributed by atoms with Crippen molar-refractivity contribution in [3.63, 3.8) is 0 Å². The Labute approximate surface area is 128 Å². The number of carbonyl (C=O) groups excluding carboxylic acids is 2. The molecule has 0 aromatic carbocycles. The predicted molar refractivity (Wildman–Crippen MR) is 83.7 cm³/mol. The summed E-state index contributed by atoms with van der Waals surface area (Å²) in [6.07, 6.45) is 5.18. The van der Waals surface area contributed by atoms with E-state index in [1.807, 2.05) is 32.6 Å². The molecule has 1 aliphatic heterocycles. The molecule has 21 heavy (non-hydrogen) atoms. The standard InChI is InChI=1S/C17H30N2O2/c1-6-13(10-12-8-9-12)19-14(11(3)4)15(20)18-17(5,7-2)16(19)21/h11-14H,6-10H2,1-5H3,(H,18,20). The summed E-state index contributed by atoms with van der Waals surface area (Å²) in [4.78, 5) is 27.6. The zero-order valence-corrected chi connectivity index (χ0v) is 14.1. The van der Waals surface area contributed by atoms with Gasteiger partial charge in [-0.25, -0.2) is 0 Å². The largest absolute Gasteiger partial charge is 0.340 e. The third-order valence-electron chi connectivity index (χ3n) is 5.18. The van der Waals surface area contributed by atoms with E-state index in [-0.39, 0.29) is 29.8 Å². The van der Waals surface area contributed by atoms with Gasteiger partial charge in [-0.2, -0.15) is 0 Å². The summed E-state index contributed by atoms with van der Waals surface area (Å²) in [7, 11) is 0. The van der Waals surface area contributed by atoms with Gasteiger partial charge in [0.15, 0.2) is 0 Å². The van der Waals surface area contributed by atoms with E-state index < -0.39 is 5.54 Å². The number of hydrogen-bond donors (Lipinski definition) is 1. The van der Waals surface area contributed by atoms with Gasteiger partial charge < -0.3 is 10.2 Å². The van der Waals surface area contributed by atoms with Crippen molar-refractivity contribution in [1.82, 2.24) is 10.2 Å². The third kappa shape index (κ3) is 3.09. The van der Waals surface area contributed by atoms with E-state index in [2.05, 4.69) is 12.2 Å². The molecule has 2 rings (SSSR count). The molecule has 0 aromatic rings. The molecular formula is C17H30N2O2.